The zero-order chi connectivity index (χ0) is 25.5. The van der Waals surface area contributed by atoms with E-state index in [1.807, 2.05) is 6.92 Å². The predicted octanol–water partition coefficient (Wildman–Crippen LogP) is 2.00. The fourth-order valence-electron chi connectivity index (χ4n) is 3.66. The third-order valence-electron chi connectivity index (χ3n) is 5.56. The molecule has 0 saturated carbocycles. The number of carbonyl (C=O) groups excluding carboxylic acids is 2. The Hall–Kier alpha value is -2.24. The van der Waals surface area contributed by atoms with Crippen molar-refractivity contribution in [3.63, 3.8) is 0 Å². The number of nitrogens with one attached hydrogen (secondary N) is 1. The maximum atomic E-state index is 12.8. The van der Waals surface area contributed by atoms with E-state index in [2.05, 4.69) is 10.3 Å². The molecule has 1 saturated heterocycles. The van der Waals surface area contributed by atoms with E-state index < -0.39 is 33.9 Å². The van der Waals surface area contributed by atoms with Crippen LogP contribution >= 0.6 is 0 Å². The summed E-state index contributed by atoms with van der Waals surface area (Å²) >= 11 is 0. The predicted molar refractivity (Wildman–Crippen MR) is 127 cm³/mol. The van der Waals surface area contributed by atoms with Gasteiger partial charge in [0.1, 0.15) is 5.60 Å². The number of aliphatic hydroxyl groups is 1. The Morgan fingerprint density at radius 3 is 2.68 bits per heavy atom. The van der Waals surface area contributed by atoms with Gasteiger partial charge in [-0.25, -0.2) is 18.2 Å². The van der Waals surface area contributed by atoms with E-state index >= 15 is 0 Å². The third-order valence-corrected chi connectivity index (χ3v) is 7.34. The van der Waals surface area contributed by atoms with Gasteiger partial charge in [-0.05, 0) is 58.1 Å². The molecule has 0 aromatic carbocycles. The number of pyridine rings is 1. The van der Waals surface area contributed by atoms with E-state index in [-0.39, 0.29) is 36.4 Å². The summed E-state index contributed by atoms with van der Waals surface area (Å²) in [5.74, 6) is -0.202. The largest absolute Gasteiger partial charge is 0.444 e. The lowest BCUT2D eigenvalue weighted by molar-refractivity contribution is -0.123. The molecule has 0 spiro atoms. The molecule has 34 heavy (non-hydrogen) atoms. The van der Waals surface area contributed by atoms with Gasteiger partial charge in [0.15, 0.2) is 5.03 Å². The van der Waals surface area contributed by atoms with Crippen molar-refractivity contribution in [2.24, 2.45) is 5.92 Å². The number of hydrogen-bond acceptors (Lipinski definition) is 7. The molecule has 0 aliphatic carbocycles. The third kappa shape index (κ3) is 8.52. The van der Waals surface area contributed by atoms with Gasteiger partial charge in [0.2, 0.25) is 5.91 Å². The maximum Gasteiger partial charge on any atom is 0.410 e. The van der Waals surface area contributed by atoms with Crippen LogP contribution in [-0.4, -0.2) is 84.1 Å². The number of β-amino-alcohol motifs (C(OH)–C–C–N with tert-alkyl or cyclic N) is 1. The van der Waals surface area contributed by atoms with Crippen molar-refractivity contribution in [2.45, 2.75) is 76.2 Å². The van der Waals surface area contributed by atoms with Crippen LogP contribution in [0.4, 0.5) is 4.79 Å². The zero-order valence-corrected chi connectivity index (χ0v) is 21.5. The Bertz CT molecular complexity index is 919. The molecule has 1 fully saturated rings. The van der Waals surface area contributed by atoms with Gasteiger partial charge in [0, 0.05) is 39.3 Å². The van der Waals surface area contributed by atoms with E-state index in [4.69, 9.17) is 4.74 Å². The van der Waals surface area contributed by atoms with Crippen molar-refractivity contribution in [3.8, 4) is 0 Å². The summed E-state index contributed by atoms with van der Waals surface area (Å²) in [5.41, 5.74) is -0.567. The fraction of sp³-hybridized carbons (Fsp3) is 0.696. The molecule has 1 aliphatic heterocycles. The molecular formula is C23H38N4O6S. The molecule has 2 N–H and O–H groups in total. The highest BCUT2D eigenvalue weighted by Crippen LogP contribution is 2.20. The molecule has 2 unspecified atom stereocenters. The Balaban J connectivity index is 1.84. The molecule has 10 nitrogen and oxygen atoms in total. The van der Waals surface area contributed by atoms with E-state index in [0.717, 1.165) is 0 Å². The van der Waals surface area contributed by atoms with Gasteiger partial charge in [-0.15, -0.1) is 0 Å². The summed E-state index contributed by atoms with van der Waals surface area (Å²) in [6, 6.07) is 4.13. The van der Waals surface area contributed by atoms with Gasteiger partial charge in [-0.1, -0.05) is 13.0 Å². The lowest BCUT2D eigenvalue weighted by atomic mass is 10.0. The molecule has 2 amide bonds. The van der Waals surface area contributed by atoms with Crippen LogP contribution in [0.2, 0.25) is 0 Å². The van der Waals surface area contributed by atoms with Gasteiger partial charge in [-0.3, -0.25) is 4.79 Å². The lowest BCUT2D eigenvalue weighted by Gasteiger charge is -2.26. The van der Waals surface area contributed by atoms with Crippen molar-refractivity contribution in [1.82, 2.24) is 19.5 Å². The molecule has 192 valence electrons. The molecule has 1 aromatic rings. The Morgan fingerprint density at radius 2 is 2.06 bits per heavy atom. The summed E-state index contributed by atoms with van der Waals surface area (Å²) in [5, 5.41) is 13.4. The van der Waals surface area contributed by atoms with Crippen molar-refractivity contribution in [3.05, 3.63) is 24.4 Å². The molecular weight excluding hydrogens is 460 g/mol. The highest BCUT2D eigenvalue weighted by atomic mass is 32.2. The van der Waals surface area contributed by atoms with E-state index in [9.17, 15) is 23.1 Å². The lowest BCUT2D eigenvalue weighted by Crippen LogP contribution is -2.47. The van der Waals surface area contributed by atoms with Gasteiger partial charge >= 0.3 is 6.09 Å². The number of ether oxygens (including phenoxy) is 1. The minimum Gasteiger partial charge on any atom is -0.444 e. The summed E-state index contributed by atoms with van der Waals surface area (Å²) in [6.07, 6.45) is 1.81. The smallest absolute Gasteiger partial charge is 0.410 e. The first-order chi connectivity index (χ1) is 15.8. The van der Waals surface area contributed by atoms with E-state index in [1.54, 1.807) is 40.0 Å². The van der Waals surface area contributed by atoms with Crippen molar-refractivity contribution in [1.29, 1.82) is 0 Å². The molecule has 0 bridgehead atoms. The van der Waals surface area contributed by atoms with Gasteiger partial charge in [0.25, 0.3) is 10.0 Å². The summed E-state index contributed by atoms with van der Waals surface area (Å²) in [7, 11) is -2.16. The summed E-state index contributed by atoms with van der Waals surface area (Å²) < 4.78 is 32.2. The second-order valence-electron chi connectivity index (χ2n) is 9.91. The van der Waals surface area contributed by atoms with Crippen LogP contribution in [0.15, 0.2) is 29.4 Å². The van der Waals surface area contributed by atoms with Crippen LogP contribution < -0.4 is 5.32 Å². The number of rotatable bonds is 8. The average molecular weight is 499 g/mol. The van der Waals surface area contributed by atoms with Crippen molar-refractivity contribution >= 4 is 22.0 Å². The number of sulfonamides is 1. The van der Waals surface area contributed by atoms with Crippen LogP contribution in [0.25, 0.3) is 0 Å². The zero-order valence-electron chi connectivity index (χ0n) is 20.7. The van der Waals surface area contributed by atoms with Crippen LogP contribution in [0.3, 0.4) is 0 Å². The van der Waals surface area contributed by atoms with Crippen LogP contribution in [-0.2, 0) is 19.6 Å². The molecule has 0 radical (unpaired) electrons. The minimum absolute atomic E-state index is 0.00818. The fourth-order valence-corrected chi connectivity index (χ4v) is 5.08. The normalized spacial score (nSPS) is 20.8. The minimum atomic E-state index is -3.82. The molecule has 1 aromatic heterocycles. The Morgan fingerprint density at radius 1 is 1.35 bits per heavy atom. The highest BCUT2D eigenvalue weighted by molar-refractivity contribution is 7.89. The molecule has 2 rings (SSSR count). The molecule has 11 heteroatoms. The number of hydrogen-bond donors (Lipinski definition) is 2. The topological polar surface area (TPSA) is 129 Å². The van der Waals surface area contributed by atoms with Gasteiger partial charge in [0.05, 0.1) is 12.1 Å². The van der Waals surface area contributed by atoms with Gasteiger partial charge in [-0.2, -0.15) is 4.31 Å². The maximum absolute atomic E-state index is 12.8. The number of carbonyl (C=O) groups is 2. The van der Waals surface area contributed by atoms with Crippen LogP contribution in [0.5, 0.6) is 0 Å². The van der Waals surface area contributed by atoms with Crippen molar-refractivity contribution in [2.75, 3.05) is 26.7 Å². The molecule has 2 heterocycles. The SMILES string of the molecule is C[C@@H](CCN(C)C(=O)OC(C)(C)C)CC(=O)NC1CCCN(S(=O)(=O)c2ccccn2)CC1O. The Labute approximate surface area is 202 Å². The first-order valence-corrected chi connectivity index (χ1v) is 13.1. The number of aromatic nitrogens is 1. The first-order valence-electron chi connectivity index (χ1n) is 11.6. The van der Waals surface area contributed by atoms with Gasteiger partial charge < -0.3 is 20.1 Å². The standard InChI is InChI=1S/C23H38N4O6S/c1-17(11-14-26(5)22(30)33-23(2,3)4)15-20(29)25-18-9-8-13-27(16-19(18)28)34(31,32)21-10-6-7-12-24-21/h6-7,10,12,17-19,28H,8-9,11,13-16H2,1-5H3,(H,25,29)/t17-,18?,19?/m0/s1. The monoisotopic (exact) mass is 498 g/mol. The van der Waals surface area contributed by atoms with Crippen molar-refractivity contribution < 1.29 is 27.9 Å². The Kier molecular flexibility index (Phi) is 9.84. The molecule has 3 atom stereocenters. The molecule has 1 aliphatic rings. The van der Waals surface area contributed by atoms with Crippen LogP contribution in [0, 0.1) is 5.92 Å². The highest BCUT2D eigenvalue weighted by Gasteiger charge is 2.34. The number of nitrogens with zero attached hydrogens (tertiary/aromatic N) is 3. The summed E-state index contributed by atoms with van der Waals surface area (Å²) in [6.45, 7) is 7.93. The second kappa shape index (κ2) is 11.9. The number of amides is 2. The van der Waals surface area contributed by atoms with Crippen LogP contribution in [0.1, 0.15) is 53.4 Å². The van der Waals surface area contributed by atoms with E-state index in [0.29, 0.717) is 25.8 Å². The number of aliphatic hydroxyl groups excluding tert-OH is 1. The second-order valence-corrected chi connectivity index (χ2v) is 11.8. The first kappa shape index (κ1) is 28.0. The summed E-state index contributed by atoms with van der Waals surface area (Å²) in [4.78, 5) is 30.1. The quantitative estimate of drug-likeness (QED) is 0.561. The van der Waals surface area contributed by atoms with E-state index in [1.165, 1.54) is 21.5 Å². The average Bonchev–Trinajstić information content (AvgIpc) is 2.93.